The number of halogens is 1. The van der Waals surface area contributed by atoms with Crippen molar-refractivity contribution in [1.29, 1.82) is 0 Å². The lowest BCUT2D eigenvalue weighted by atomic mass is 10.1. The van der Waals surface area contributed by atoms with E-state index in [1.54, 1.807) is 36.7 Å². The SMILES string of the molecule is O=C1NC(CCc2ccc(F)cc2)=N/C1=C/c1cccnc1. The van der Waals surface area contributed by atoms with E-state index in [9.17, 15) is 9.18 Å². The minimum absolute atomic E-state index is 0.210. The van der Waals surface area contributed by atoms with Crippen LogP contribution in [0.5, 0.6) is 0 Å². The van der Waals surface area contributed by atoms with Crippen molar-refractivity contribution >= 4 is 17.8 Å². The molecule has 0 radical (unpaired) electrons. The minimum atomic E-state index is -0.253. The number of nitrogens with zero attached hydrogens (tertiary/aromatic N) is 2. The number of hydrogen-bond acceptors (Lipinski definition) is 3. The summed E-state index contributed by atoms with van der Waals surface area (Å²) in [5.74, 6) is 0.166. The van der Waals surface area contributed by atoms with Crippen molar-refractivity contribution in [2.45, 2.75) is 12.8 Å². The molecule has 0 spiro atoms. The Morgan fingerprint density at radius 2 is 1.95 bits per heavy atom. The number of pyridine rings is 1. The fraction of sp³-hybridized carbons (Fsp3) is 0.118. The molecule has 0 fully saturated rings. The second kappa shape index (κ2) is 6.30. The summed E-state index contributed by atoms with van der Waals surface area (Å²) >= 11 is 0. The second-order valence-corrected chi connectivity index (χ2v) is 4.96. The molecule has 0 unspecified atom stereocenters. The zero-order valence-electron chi connectivity index (χ0n) is 11.8. The largest absolute Gasteiger partial charge is 0.309 e. The molecule has 110 valence electrons. The third kappa shape index (κ3) is 3.44. The zero-order chi connectivity index (χ0) is 15.4. The van der Waals surface area contributed by atoms with Crippen molar-refractivity contribution in [2.24, 2.45) is 4.99 Å². The number of benzene rings is 1. The predicted molar refractivity (Wildman–Crippen MR) is 82.5 cm³/mol. The summed E-state index contributed by atoms with van der Waals surface area (Å²) in [5, 5.41) is 2.75. The van der Waals surface area contributed by atoms with Crippen LogP contribution in [-0.4, -0.2) is 16.7 Å². The lowest BCUT2D eigenvalue weighted by Crippen LogP contribution is -2.24. The Bertz CT molecular complexity index is 736. The summed E-state index contributed by atoms with van der Waals surface area (Å²) in [7, 11) is 0. The van der Waals surface area contributed by atoms with Gasteiger partial charge in [-0.05, 0) is 41.8 Å². The lowest BCUT2D eigenvalue weighted by Gasteiger charge is -2.01. The Balaban J connectivity index is 1.68. The zero-order valence-corrected chi connectivity index (χ0v) is 11.8. The van der Waals surface area contributed by atoms with Gasteiger partial charge in [0.15, 0.2) is 0 Å². The van der Waals surface area contributed by atoms with E-state index < -0.39 is 0 Å². The van der Waals surface area contributed by atoms with Gasteiger partial charge in [0.1, 0.15) is 17.3 Å². The number of carbonyl (C=O) groups is 1. The summed E-state index contributed by atoms with van der Waals surface area (Å²) in [6.45, 7) is 0. The van der Waals surface area contributed by atoms with Gasteiger partial charge in [0.25, 0.3) is 5.91 Å². The van der Waals surface area contributed by atoms with Gasteiger partial charge in [0, 0.05) is 18.8 Å². The van der Waals surface area contributed by atoms with Crippen molar-refractivity contribution in [2.75, 3.05) is 0 Å². The van der Waals surface area contributed by atoms with Crippen molar-refractivity contribution in [3.63, 3.8) is 0 Å². The first-order valence-corrected chi connectivity index (χ1v) is 6.96. The molecule has 1 amide bonds. The summed E-state index contributed by atoms with van der Waals surface area (Å²) in [5.41, 5.74) is 2.21. The first-order chi connectivity index (χ1) is 10.7. The molecule has 0 saturated carbocycles. The normalized spacial score (nSPS) is 15.8. The van der Waals surface area contributed by atoms with Crippen LogP contribution in [0.3, 0.4) is 0 Å². The monoisotopic (exact) mass is 295 g/mol. The highest BCUT2D eigenvalue weighted by atomic mass is 19.1. The van der Waals surface area contributed by atoms with Gasteiger partial charge in [-0.1, -0.05) is 18.2 Å². The van der Waals surface area contributed by atoms with Crippen LogP contribution in [0.15, 0.2) is 59.5 Å². The Labute approximate surface area is 127 Å². The van der Waals surface area contributed by atoms with Gasteiger partial charge in [-0.15, -0.1) is 0 Å². The van der Waals surface area contributed by atoms with Crippen LogP contribution < -0.4 is 5.32 Å². The van der Waals surface area contributed by atoms with E-state index in [0.29, 0.717) is 24.4 Å². The molecule has 0 bridgehead atoms. The van der Waals surface area contributed by atoms with Gasteiger partial charge in [-0.2, -0.15) is 0 Å². The predicted octanol–water partition coefficient (Wildman–Crippen LogP) is 2.72. The van der Waals surface area contributed by atoms with Crippen molar-refractivity contribution in [3.05, 3.63) is 71.4 Å². The molecule has 2 heterocycles. The summed E-state index contributed by atoms with van der Waals surface area (Å²) in [6, 6.07) is 9.99. The Kier molecular flexibility index (Phi) is 4.05. The highest BCUT2D eigenvalue weighted by Gasteiger charge is 2.19. The number of carbonyl (C=O) groups excluding carboxylic acids is 1. The van der Waals surface area contributed by atoms with Gasteiger partial charge in [0.05, 0.1) is 0 Å². The minimum Gasteiger partial charge on any atom is -0.309 e. The number of amidine groups is 1. The van der Waals surface area contributed by atoms with Crippen molar-refractivity contribution in [3.8, 4) is 0 Å². The number of nitrogens with one attached hydrogen (secondary N) is 1. The number of rotatable bonds is 4. The number of aliphatic imine (C=N–C) groups is 1. The maximum Gasteiger partial charge on any atom is 0.275 e. The third-order valence-corrected chi connectivity index (χ3v) is 3.30. The molecule has 0 saturated heterocycles. The summed E-state index contributed by atoms with van der Waals surface area (Å²) in [6.07, 6.45) is 6.34. The van der Waals surface area contributed by atoms with Gasteiger partial charge in [-0.3, -0.25) is 9.78 Å². The molecule has 3 rings (SSSR count). The number of aryl methyl sites for hydroxylation is 1. The molecule has 0 aliphatic carbocycles. The molecular weight excluding hydrogens is 281 g/mol. The first-order valence-electron chi connectivity index (χ1n) is 6.96. The van der Waals surface area contributed by atoms with Crippen LogP contribution in [0.1, 0.15) is 17.5 Å². The second-order valence-electron chi connectivity index (χ2n) is 4.96. The maximum absolute atomic E-state index is 12.8. The fourth-order valence-corrected chi connectivity index (χ4v) is 2.17. The van der Waals surface area contributed by atoms with Gasteiger partial charge in [-0.25, -0.2) is 9.38 Å². The smallest absolute Gasteiger partial charge is 0.275 e. The molecule has 1 aliphatic heterocycles. The van der Waals surface area contributed by atoms with Crippen molar-refractivity contribution in [1.82, 2.24) is 10.3 Å². The average molecular weight is 295 g/mol. The van der Waals surface area contributed by atoms with E-state index in [1.807, 2.05) is 6.07 Å². The maximum atomic E-state index is 12.8. The molecule has 22 heavy (non-hydrogen) atoms. The van der Waals surface area contributed by atoms with Crippen LogP contribution >= 0.6 is 0 Å². The van der Waals surface area contributed by atoms with Crippen LogP contribution in [-0.2, 0) is 11.2 Å². The van der Waals surface area contributed by atoms with Crippen LogP contribution in [0.25, 0.3) is 6.08 Å². The van der Waals surface area contributed by atoms with E-state index >= 15 is 0 Å². The van der Waals surface area contributed by atoms with Crippen molar-refractivity contribution < 1.29 is 9.18 Å². The van der Waals surface area contributed by atoms with Gasteiger partial charge in [0.2, 0.25) is 0 Å². The Morgan fingerprint density at radius 3 is 2.68 bits per heavy atom. The molecule has 1 aromatic carbocycles. The van der Waals surface area contributed by atoms with Gasteiger partial charge < -0.3 is 5.32 Å². The Morgan fingerprint density at radius 1 is 1.14 bits per heavy atom. The molecule has 0 atom stereocenters. The molecule has 4 nitrogen and oxygen atoms in total. The first kappa shape index (κ1) is 14.1. The van der Waals surface area contributed by atoms with E-state index in [0.717, 1.165) is 11.1 Å². The Hall–Kier alpha value is -2.82. The molecule has 1 N–H and O–H groups in total. The molecule has 5 heteroatoms. The standard InChI is InChI=1S/C17H14FN3O/c18-14-6-3-12(4-7-14)5-8-16-20-15(17(22)21-16)10-13-2-1-9-19-11-13/h1-4,6-7,9-11H,5,8H2,(H,20,21,22)/b15-10+. The van der Waals surface area contributed by atoms with Crippen LogP contribution in [0.2, 0.25) is 0 Å². The quantitative estimate of drug-likeness (QED) is 0.882. The molecular formula is C17H14FN3O. The fourth-order valence-electron chi connectivity index (χ4n) is 2.17. The molecule has 1 aromatic heterocycles. The lowest BCUT2D eigenvalue weighted by molar-refractivity contribution is -0.115. The summed E-state index contributed by atoms with van der Waals surface area (Å²) < 4.78 is 12.8. The average Bonchev–Trinajstić information content (AvgIpc) is 2.88. The highest BCUT2D eigenvalue weighted by molar-refractivity contribution is 6.14. The van der Waals surface area contributed by atoms with E-state index in [2.05, 4.69) is 15.3 Å². The van der Waals surface area contributed by atoms with Gasteiger partial charge >= 0.3 is 0 Å². The van der Waals surface area contributed by atoms with E-state index in [-0.39, 0.29) is 11.7 Å². The molecule has 1 aliphatic rings. The topological polar surface area (TPSA) is 54.4 Å². The highest BCUT2D eigenvalue weighted by Crippen LogP contribution is 2.13. The van der Waals surface area contributed by atoms with E-state index in [1.165, 1.54) is 12.1 Å². The molecule has 2 aromatic rings. The number of amides is 1. The van der Waals surface area contributed by atoms with Crippen LogP contribution in [0, 0.1) is 5.82 Å². The number of hydrogen-bond donors (Lipinski definition) is 1. The van der Waals surface area contributed by atoms with Crippen LogP contribution in [0.4, 0.5) is 4.39 Å². The number of aromatic nitrogens is 1. The van der Waals surface area contributed by atoms with E-state index in [4.69, 9.17) is 0 Å². The third-order valence-electron chi connectivity index (χ3n) is 3.30. The summed E-state index contributed by atoms with van der Waals surface area (Å²) in [4.78, 5) is 20.2.